The number of likely N-dealkylation sites (N-methyl/N-ethyl adjacent to an activating group) is 1. The van der Waals surface area contributed by atoms with Crippen LogP contribution in [0.3, 0.4) is 0 Å². The molecular weight excluding hydrogens is 563 g/mol. The first kappa shape index (κ1) is 29.0. The molecule has 0 bridgehead atoms. The lowest BCUT2D eigenvalue weighted by atomic mass is 9.99. The van der Waals surface area contributed by atoms with Crippen molar-refractivity contribution >= 4 is 43.0 Å². The summed E-state index contributed by atoms with van der Waals surface area (Å²) >= 11 is 1.12. The summed E-state index contributed by atoms with van der Waals surface area (Å²) in [6.07, 6.45) is -0.642. The molecule has 2 heterocycles. The smallest absolute Gasteiger partial charge is 0.261 e. The van der Waals surface area contributed by atoms with Crippen LogP contribution in [0.1, 0.15) is 24.2 Å². The minimum atomic E-state index is -3.91. The highest BCUT2D eigenvalue weighted by molar-refractivity contribution is 7.92. The fraction of sp³-hybridized carbons (Fsp3) is 0.346. The Kier molecular flexibility index (Phi) is 8.66. The van der Waals surface area contributed by atoms with Crippen molar-refractivity contribution in [3.63, 3.8) is 0 Å². The molecule has 1 aliphatic heterocycles. The molecule has 0 radical (unpaired) electrons. The van der Waals surface area contributed by atoms with Crippen molar-refractivity contribution < 1.29 is 31.5 Å². The molecule has 210 valence electrons. The van der Waals surface area contributed by atoms with Gasteiger partial charge in [0.05, 0.1) is 29.7 Å². The Morgan fingerprint density at radius 2 is 1.85 bits per heavy atom. The number of nitrogens with zero attached hydrogens (tertiary/aromatic N) is 2. The van der Waals surface area contributed by atoms with E-state index < -0.39 is 38.1 Å². The second kappa shape index (κ2) is 11.6. The van der Waals surface area contributed by atoms with E-state index in [9.17, 15) is 26.7 Å². The van der Waals surface area contributed by atoms with Gasteiger partial charge in [-0.25, -0.2) is 16.8 Å². The molecule has 0 aliphatic carbocycles. The summed E-state index contributed by atoms with van der Waals surface area (Å²) in [6, 6.07) is 14.9. The van der Waals surface area contributed by atoms with Crippen LogP contribution in [-0.2, 0) is 20.0 Å². The number of sulfonamides is 2. The summed E-state index contributed by atoms with van der Waals surface area (Å²) in [5, 5.41) is 11.5. The third kappa shape index (κ3) is 6.28. The number of anilines is 1. The fourth-order valence-corrected chi connectivity index (χ4v) is 7.69. The van der Waals surface area contributed by atoms with E-state index in [-0.39, 0.29) is 51.7 Å². The van der Waals surface area contributed by atoms with Gasteiger partial charge in [-0.3, -0.25) is 9.52 Å². The zero-order valence-electron chi connectivity index (χ0n) is 21.7. The Hall–Kier alpha value is -2.97. The Balaban J connectivity index is 1.69. The number of carbonyl (C=O) groups is 1. The van der Waals surface area contributed by atoms with Crippen molar-refractivity contribution in [3.05, 3.63) is 71.6 Å². The lowest BCUT2D eigenvalue weighted by molar-refractivity contribution is 0.0387. The topological polar surface area (TPSA) is 133 Å². The molecule has 1 amide bonds. The first-order valence-electron chi connectivity index (χ1n) is 12.2. The summed E-state index contributed by atoms with van der Waals surface area (Å²) in [5.41, 5.74) is 0.262. The van der Waals surface area contributed by atoms with E-state index in [4.69, 9.17) is 4.74 Å². The van der Waals surface area contributed by atoms with Crippen molar-refractivity contribution in [2.24, 2.45) is 5.92 Å². The fourth-order valence-electron chi connectivity index (χ4n) is 4.23. The van der Waals surface area contributed by atoms with Crippen LogP contribution in [0.4, 0.5) is 5.69 Å². The molecule has 2 aromatic carbocycles. The number of aliphatic hydroxyl groups excluding tert-OH is 1. The van der Waals surface area contributed by atoms with E-state index in [1.54, 1.807) is 36.6 Å². The van der Waals surface area contributed by atoms with Gasteiger partial charge in [-0.05, 0) is 48.7 Å². The van der Waals surface area contributed by atoms with Gasteiger partial charge in [0.25, 0.3) is 26.0 Å². The normalized spacial score (nSPS) is 19.1. The van der Waals surface area contributed by atoms with Gasteiger partial charge in [-0.2, -0.15) is 4.31 Å². The molecule has 0 unspecified atom stereocenters. The Morgan fingerprint density at radius 3 is 2.49 bits per heavy atom. The highest BCUT2D eigenvalue weighted by Gasteiger charge is 2.35. The number of ether oxygens (including phenoxy) is 1. The highest BCUT2D eigenvalue weighted by Crippen LogP contribution is 2.32. The van der Waals surface area contributed by atoms with Gasteiger partial charge in [0.1, 0.15) is 16.1 Å². The largest absolute Gasteiger partial charge is 0.488 e. The Labute approximate surface area is 232 Å². The Bertz CT molecular complexity index is 1510. The zero-order valence-corrected chi connectivity index (χ0v) is 24.2. The van der Waals surface area contributed by atoms with Crippen LogP contribution >= 0.6 is 11.3 Å². The van der Waals surface area contributed by atoms with E-state index in [1.165, 1.54) is 52.7 Å². The molecule has 3 atom stereocenters. The van der Waals surface area contributed by atoms with Crippen LogP contribution in [0.15, 0.2) is 75.1 Å². The van der Waals surface area contributed by atoms with E-state index in [0.29, 0.717) is 0 Å². The van der Waals surface area contributed by atoms with Gasteiger partial charge in [0, 0.05) is 25.2 Å². The van der Waals surface area contributed by atoms with Crippen LogP contribution < -0.4 is 9.46 Å². The van der Waals surface area contributed by atoms with Crippen molar-refractivity contribution in [1.29, 1.82) is 0 Å². The number of fused-ring (bicyclic) bond motifs is 1. The standard InChI is InChI=1S/C26H31N3O7S3/c1-18-15-29(19(2)17-30)26(31)22-14-20(27-38(32,33)21-8-5-4-6-9-21)11-12-23(22)36-24(18)16-28(3)39(34,35)25-10-7-13-37-25/h4-14,18-19,24,27,30H,15-17H2,1-3H3/t18-,19-,24+/m1/s1. The van der Waals surface area contributed by atoms with Crippen LogP contribution in [-0.4, -0.2) is 75.9 Å². The molecule has 1 aromatic heterocycles. The Morgan fingerprint density at radius 1 is 1.13 bits per heavy atom. The lowest BCUT2D eigenvalue weighted by Crippen LogP contribution is -2.50. The van der Waals surface area contributed by atoms with Gasteiger partial charge in [0.2, 0.25) is 0 Å². The quantitative estimate of drug-likeness (QED) is 0.390. The summed E-state index contributed by atoms with van der Waals surface area (Å²) in [5.74, 6) is -0.540. The number of nitrogens with one attached hydrogen (secondary N) is 1. The van der Waals surface area contributed by atoms with Crippen LogP contribution in [0, 0.1) is 5.92 Å². The molecule has 0 saturated carbocycles. The third-order valence-electron chi connectivity index (χ3n) is 6.57. The van der Waals surface area contributed by atoms with Gasteiger partial charge in [-0.1, -0.05) is 31.2 Å². The maximum atomic E-state index is 13.6. The molecule has 2 N–H and O–H groups in total. The van der Waals surface area contributed by atoms with Crippen molar-refractivity contribution in [2.75, 3.05) is 31.5 Å². The van der Waals surface area contributed by atoms with E-state index in [2.05, 4.69) is 4.72 Å². The first-order valence-corrected chi connectivity index (χ1v) is 16.0. The molecule has 10 nitrogen and oxygen atoms in total. The van der Waals surface area contributed by atoms with Gasteiger partial charge >= 0.3 is 0 Å². The van der Waals surface area contributed by atoms with Gasteiger partial charge < -0.3 is 14.7 Å². The summed E-state index contributed by atoms with van der Waals surface area (Å²) < 4.78 is 62.0. The minimum absolute atomic E-state index is 0.0127. The first-order chi connectivity index (χ1) is 18.4. The van der Waals surface area contributed by atoms with Crippen molar-refractivity contribution in [2.45, 2.75) is 35.1 Å². The molecular formula is C26H31N3O7S3. The van der Waals surface area contributed by atoms with Crippen LogP contribution in [0.2, 0.25) is 0 Å². The summed E-state index contributed by atoms with van der Waals surface area (Å²) in [7, 11) is -6.17. The lowest BCUT2D eigenvalue weighted by Gasteiger charge is -2.38. The third-order valence-corrected chi connectivity index (χ3v) is 11.2. The van der Waals surface area contributed by atoms with Gasteiger partial charge in [-0.15, -0.1) is 11.3 Å². The van der Waals surface area contributed by atoms with Crippen LogP contribution in [0.5, 0.6) is 5.75 Å². The summed E-state index contributed by atoms with van der Waals surface area (Å²) in [6.45, 7) is 3.48. The number of aliphatic hydroxyl groups is 1. The molecule has 0 spiro atoms. The zero-order chi connectivity index (χ0) is 28.4. The van der Waals surface area contributed by atoms with E-state index in [1.807, 2.05) is 6.92 Å². The maximum absolute atomic E-state index is 13.6. The predicted octanol–water partition coefficient (Wildman–Crippen LogP) is 3.09. The monoisotopic (exact) mass is 593 g/mol. The predicted molar refractivity (Wildman–Crippen MR) is 149 cm³/mol. The number of thiophene rings is 1. The number of rotatable bonds is 9. The second-order valence-corrected chi connectivity index (χ2v) is 14.4. The second-order valence-electron chi connectivity index (χ2n) is 9.47. The van der Waals surface area contributed by atoms with Crippen molar-refractivity contribution in [1.82, 2.24) is 9.21 Å². The molecule has 39 heavy (non-hydrogen) atoms. The molecule has 13 heteroatoms. The SMILES string of the molecule is C[C@@H]1CN([C@H](C)CO)C(=O)c2cc(NS(=O)(=O)c3ccccc3)ccc2O[C@H]1CN(C)S(=O)(=O)c1cccs1. The van der Waals surface area contributed by atoms with Crippen molar-refractivity contribution in [3.8, 4) is 5.75 Å². The van der Waals surface area contributed by atoms with Crippen LogP contribution in [0.25, 0.3) is 0 Å². The molecule has 1 aliphatic rings. The average molecular weight is 594 g/mol. The number of hydrogen-bond donors (Lipinski definition) is 2. The minimum Gasteiger partial charge on any atom is -0.488 e. The van der Waals surface area contributed by atoms with Gasteiger partial charge in [0.15, 0.2) is 0 Å². The molecule has 4 rings (SSSR count). The molecule has 3 aromatic rings. The average Bonchev–Trinajstić information content (AvgIpc) is 3.47. The maximum Gasteiger partial charge on any atom is 0.261 e. The van der Waals surface area contributed by atoms with E-state index >= 15 is 0 Å². The molecule has 0 fully saturated rings. The van der Waals surface area contributed by atoms with E-state index in [0.717, 1.165) is 11.3 Å². The number of hydrogen-bond acceptors (Lipinski definition) is 8. The highest BCUT2D eigenvalue weighted by atomic mass is 32.2. The molecule has 0 saturated heterocycles. The number of benzene rings is 2. The number of carbonyl (C=O) groups excluding carboxylic acids is 1. The summed E-state index contributed by atoms with van der Waals surface area (Å²) in [4.78, 5) is 15.2. The number of amides is 1.